The maximum Gasteiger partial charge on any atom is 0.134 e. The zero-order valence-electron chi connectivity index (χ0n) is 9.80. The van der Waals surface area contributed by atoms with Gasteiger partial charge in [0.25, 0.3) is 0 Å². The Balaban J connectivity index is 2.67. The van der Waals surface area contributed by atoms with Gasteiger partial charge < -0.3 is 0 Å². The number of ketones is 1. The van der Waals surface area contributed by atoms with Gasteiger partial charge in [0, 0.05) is 18.1 Å². The minimum absolute atomic E-state index is 0.355. The van der Waals surface area contributed by atoms with Gasteiger partial charge in [0.1, 0.15) is 5.78 Å². The van der Waals surface area contributed by atoms with E-state index in [1.807, 2.05) is 11.8 Å². The van der Waals surface area contributed by atoms with Crippen molar-refractivity contribution in [3.8, 4) is 0 Å². The highest BCUT2D eigenvalue weighted by molar-refractivity contribution is 7.99. The quantitative estimate of drug-likeness (QED) is 0.699. The van der Waals surface area contributed by atoms with Crippen LogP contribution in [0.15, 0.2) is 0 Å². The summed E-state index contributed by atoms with van der Waals surface area (Å²) in [6.45, 7) is 9.09. The Morgan fingerprint density at radius 1 is 1.43 bits per heavy atom. The topological polar surface area (TPSA) is 17.1 Å². The Hall–Kier alpha value is 0.0200. The van der Waals surface area contributed by atoms with Crippen molar-refractivity contribution in [2.45, 2.75) is 52.2 Å². The lowest BCUT2D eigenvalue weighted by molar-refractivity contribution is -0.121. The van der Waals surface area contributed by atoms with Crippen LogP contribution in [0.25, 0.3) is 0 Å². The summed E-state index contributed by atoms with van der Waals surface area (Å²) in [6, 6.07) is 0. The molecule has 0 aliphatic heterocycles. The van der Waals surface area contributed by atoms with E-state index in [9.17, 15) is 4.79 Å². The minimum Gasteiger partial charge on any atom is -0.300 e. The Labute approximate surface area is 92.0 Å². The summed E-state index contributed by atoms with van der Waals surface area (Å²) in [5, 5.41) is 0.571. The van der Waals surface area contributed by atoms with Gasteiger partial charge in [0.15, 0.2) is 0 Å². The van der Waals surface area contributed by atoms with Crippen molar-refractivity contribution in [3.05, 3.63) is 0 Å². The molecule has 2 unspecified atom stereocenters. The summed E-state index contributed by atoms with van der Waals surface area (Å²) in [5.74, 6) is 2.31. The summed E-state index contributed by atoms with van der Waals surface area (Å²) in [7, 11) is 0. The second-order valence-electron chi connectivity index (χ2n) is 5.25. The highest BCUT2D eigenvalue weighted by atomic mass is 32.2. The average Bonchev–Trinajstić information content (AvgIpc) is 2.02. The molecule has 0 heterocycles. The molecule has 0 bridgehead atoms. The summed E-state index contributed by atoms with van der Waals surface area (Å²) >= 11 is 1.97. The molecular weight excluding hydrogens is 192 g/mol. The van der Waals surface area contributed by atoms with Gasteiger partial charge in [-0.15, -0.1) is 0 Å². The van der Waals surface area contributed by atoms with E-state index < -0.39 is 0 Å². The summed E-state index contributed by atoms with van der Waals surface area (Å²) < 4.78 is 0. The molecule has 0 spiro atoms. The third-order valence-corrected chi connectivity index (χ3v) is 4.36. The molecule has 0 aromatic carbocycles. The molecule has 0 saturated heterocycles. The molecular formula is C12H22OS. The standard InChI is InChI=1S/C12H22OS/c1-5-14-11-8-9(13)6-7-10(11)12(2,3)4/h10-11H,5-8H2,1-4H3. The molecule has 14 heavy (non-hydrogen) atoms. The SMILES string of the molecule is CCSC1CC(=O)CCC1C(C)(C)C. The van der Waals surface area contributed by atoms with Gasteiger partial charge in [0.05, 0.1) is 0 Å². The first-order chi connectivity index (χ1) is 6.45. The van der Waals surface area contributed by atoms with Crippen LogP contribution in [0.3, 0.4) is 0 Å². The lowest BCUT2D eigenvalue weighted by atomic mass is 9.72. The Morgan fingerprint density at radius 2 is 2.07 bits per heavy atom. The molecule has 0 N–H and O–H groups in total. The summed E-state index contributed by atoms with van der Waals surface area (Å²) in [5.41, 5.74) is 0.355. The van der Waals surface area contributed by atoms with Crippen molar-refractivity contribution in [2.75, 3.05) is 5.75 Å². The Morgan fingerprint density at radius 3 is 2.57 bits per heavy atom. The predicted molar refractivity (Wildman–Crippen MR) is 63.7 cm³/mol. The second kappa shape index (κ2) is 4.69. The van der Waals surface area contributed by atoms with Crippen molar-refractivity contribution < 1.29 is 4.79 Å². The maximum atomic E-state index is 11.4. The van der Waals surface area contributed by atoms with Crippen LogP contribution in [0.4, 0.5) is 0 Å². The molecule has 1 rings (SSSR count). The molecule has 1 aliphatic carbocycles. The van der Waals surface area contributed by atoms with Crippen LogP contribution in [0, 0.1) is 11.3 Å². The van der Waals surface area contributed by atoms with Crippen LogP contribution in [0.2, 0.25) is 0 Å². The molecule has 82 valence electrons. The Kier molecular flexibility index (Phi) is 4.05. The van der Waals surface area contributed by atoms with E-state index in [0.29, 0.717) is 22.4 Å². The molecule has 1 fully saturated rings. The lowest BCUT2D eigenvalue weighted by Gasteiger charge is -2.39. The van der Waals surface area contributed by atoms with E-state index in [1.54, 1.807) is 0 Å². The largest absolute Gasteiger partial charge is 0.300 e. The average molecular weight is 214 g/mol. The maximum absolute atomic E-state index is 11.4. The molecule has 2 atom stereocenters. The molecule has 1 nitrogen and oxygen atoms in total. The fourth-order valence-corrected chi connectivity index (χ4v) is 3.86. The molecule has 2 heteroatoms. The predicted octanol–water partition coefficient (Wildman–Crippen LogP) is 3.52. The van der Waals surface area contributed by atoms with Gasteiger partial charge in [-0.1, -0.05) is 27.7 Å². The van der Waals surface area contributed by atoms with Gasteiger partial charge in [-0.25, -0.2) is 0 Å². The van der Waals surface area contributed by atoms with Gasteiger partial charge in [0.2, 0.25) is 0 Å². The molecule has 0 aromatic rings. The van der Waals surface area contributed by atoms with Crippen molar-refractivity contribution in [2.24, 2.45) is 11.3 Å². The highest BCUT2D eigenvalue weighted by Gasteiger charge is 2.36. The van der Waals surface area contributed by atoms with Crippen LogP contribution in [-0.4, -0.2) is 16.8 Å². The number of Topliss-reactive ketones (excluding diaryl/α,β-unsaturated/α-hetero) is 1. The fourth-order valence-electron chi connectivity index (χ4n) is 2.35. The minimum atomic E-state index is 0.355. The molecule has 0 amide bonds. The van der Waals surface area contributed by atoms with Crippen molar-refractivity contribution in [1.82, 2.24) is 0 Å². The molecule has 1 saturated carbocycles. The van der Waals surface area contributed by atoms with E-state index >= 15 is 0 Å². The van der Waals surface area contributed by atoms with Crippen molar-refractivity contribution >= 4 is 17.5 Å². The van der Waals surface area contributed by atoms with E-state index in [4.69, 9.17) is 0 Å². The van der Waals surface area contributed by atoms with E-state index in [-0.39, 0.29) is 0 Å². The van der Waals surface area contributed by atoms with Crippen molar-refractivity contribution in [1.29, 1.82) is 0 Å². The van der Waals surface area contributed by atoms with Crippen LogP contribution in [0.5, 0.6) is 0 Å². The fraction of sp³-hybridized carbons (Fsp3) is 0.917. The zero-order chi connectivity index (χ0) is 10.8. The normalized spacial score (nSPS) is 29.3. The van der Waals surface area contributed by atoms with Crippen LogP contribution >= 0.6 is 11.8 Å². The smallest absolute Gasteiger partial charge is 0.134 e. The lowest BCUT2D eigenvalue weighted by Crippen LogP contribution is -2.36. The number of carbonyl (C=O) groups excluding carboxylic acids is 1. The van der Waals surface area contributed by atoms with E-state index in [0.717, 1.165) is 25.0 Å². The van der Waals surface area contributed by atoms with Crippen LogP contribution < -0.4 is 0 Å². The van der Waals surface area contributed by atoms with Gasteiger partial charge in [-0.2, -0.15) is 11.8 Å². The number of thioether (sulfide) groups is 1. The van der Waals surface area contributed by atoms with Gasteiger partial charge in [-0.3, -0.25) is 4.79 Å². The molecule has 1 aliphatic rings. The van der Waals surface area contributed by atoms with Crippen molar-refractivity contribution in [3.63, 3.8) is 0 Å². The first-order valence-electron chi connectivity index (χ1n) is 5.58. The third-order valence-electron chi connectivity index (χ3n) is 3.10. The van der Waals surface area contributed by atoms with E-state index in [1.165, 1.54) is 0 Å². The third kappa shape index (κ3) is 3.01. The number of hydrogen-bond donors (Lipinski definition) is 0. The first kappa shape index (κ1) is 12.1. The zero-order valence-corrected chi connectivity index (χ0v) is 10.6. The number of rotatable bonds is 2. The summed E-state index contributed by atoms with van der Waals surface area (Å²) in [6.07, 6.45) is 2.71. The Bertz CT molecular complexity index is 205. The molecule has 0 aromatic heterocycles. The van der Waals surface area contributed by atoms with Gasteiger partial charge >= 0.3 is 0 Å². The number of hydrogen-bond acceptors (Lipinski definition) is 2. The highest BCUT2D eigenvalue weighted by Crippen LogP contribution is 2.42. The first-order valence-corrected chi connectivity index (χ1v) is 6.63. The second-order valence-corrected chi connectivity index (χ2v) is 6.76. The van der Waals surface area contributed by atoms with E-state index in [2.05, 4.69) is 27.7 Å². The molecule has 0 radical (unpaired) electrons. The van der Waals surface area contributed by atoms with Gasteiger partial charge in [-0.05, 0) is 23.5 Å². The monoisotopic (exact) mass is 214 g/mol. The number of carbonyl (C=O) groups is 1. The van der Waals surface area contributed by atoms with Crippen LogP contribution in [-0.2, 0) is 4.79 Å². The van der Waals surface area contributed by atoms with Crippen LogP contribution in [0.1, 0.15) is 47.0 Å². The summed E-state index contributed by atoms with van der Waals surface area (Å²) in [4.78, 5) is 11.4.